The summed E-state index contributed by atoms with van der Waals surface area (Å²) in [6.07, 6.45) is 2.71. The molecule has 5 heteroatoms. The van der Waals surface area contributed by atoms with Crippen LogP contribution in [0.2, 0.25) is 0 Å². The van der Waals surface area contributed by atoms with Gasteiger partial charge < -0.3 is 16.0 Å². The van der Waals surface area contributed by atoms with Crippen LogP contribution in [0, 0.1) is 5.41 Å². The largest absolute Gasteiger partial charge is 0.352 e. The fourth-order valence-electron chi connectivity index (χ4n) is 2.46. The molecular formula is C13H25N3O2. The third-order valence-electron chi connectivity index (χ3n) is 3.31. The van der Waals surface area contributed by atoms with Crippen molar-refractivity contribution in [1.82, 2.24) is 16.0 Å². The van der Waals surface area contributed by atoms with E-state index in [1.54, 1.807) is 0 Å². The standard InChI is InChI=1S/C13H25N3O2/c1-4-5-13(6-7-14-9-13)12(18)15-8-11(17)16-10(2)3/h10,14H,4-9H2,1-3H3,(H,15,18)(H,16,17). The van der Waals surface area contributed by atoms with Crippen LogP contribution in [0.25, 0.3) is 0 Å². The highest BCUT2D eigenvalue weighted by molar-refractivity contribution is 5.88. The second-order valence-corrected chi connectivity index (χ2v) is 5.36. The SMILES string of the molecule is CCCC1(C(=O)NCC(=O)NC(C)C)CCNC1. The lowest BCUT2D eigenvalue weighted by Gasteiger charge is -2.26. The molecule has 0 bridgehead atoms. The van der Waals surface area contributed by atoms with Crippen LogP contribution in [0.3, 0.4) is 0 Å². The van der Waals surface area contributed by atoms with Crippen molar-refractivity contribution in [2.45, 2.75) is 46.1 Å². The van der Waals surface area contributed by atoms with E-state index >= 15 is 0 Å². The number of amides is 2. The minimum atomic E-state index is -0.313. The minimum absolute atomic E-state index is 0.00764. The van der Waals surface area contributed by atoms with Gasteiger partial charge >= 0.3 is 0 Å². The maximum absolute atomic E-state index is 12.2. The average Bonchev–Trinajstić information content (AvgIpc) is 2.75. The number of carbonyl (C=O) groups is 2. The topological polar surface area (TPSA) is 70.2 Å². The molecule has 1 fully saturated rings. The molecule has 104 valence electrons. The second kappa shape index (κ2) is 6.73. The number of carbonyl (C=O) groups excluding carboxylic acids is 2. The lowest BCUT2D eigenvalue weighted by molar-refractivity contribution is -0.133. The van der Waals surface area contributed by atoms with Crippen LogP contribution in [0.1, 0.15) is 40.0 Å². The van der Waals surface area contributed by atoms with Crippen molar-refractivity contribution in [1.29, 1.82) is 0 Å². The molecule has 1 unspecified atom stereocenters. The van der Waals surface area contributed by atoms with Gasteiger partial charge in [0, 0.05) is 12.6 Å². The zero-order valence-electron chi connectivity index (χ0n) is 11.6. The van der Waals surface area contributed by atoms with Gasteiger partial charge in [-0.05, 0) is 33.2 Å². The smallest absolute Gasteiger partial charge is 0.239 e. The van der Waals surface area contributed by atoms with Crippen molar-refractivity contribution in [3.05, 3.63) is 0 Å². The fourth-order valence-corrected chi connectivity index (χ4v) is 2.46. The third kappa shape index (κ3) is 3.98. The summed E-state index contributed by atoms with van der Waals surface area (Å²) < 4.78 is 0. The molecule has 1 aliphatic heterocycles. The summed E-state index contributed by atoms with van der Waals surface area (Å²) in [6.45, 7) is 7.56. The highest BCUT2D eigenvalue weighted by atomic mass is 16.2. The first-order valence-corrected chi connectivity index (χ1v) is 6.78. The van der Waals surface area contributed by atoms with Crippen LogP contribution in [-0.4, -0.2) is 37.5 Å². The highest BCUT2D eigenvalue weighted by Gasteiger charge is 2.40. The number of hydrogen-bond donors (Lipinski definition) is 3. The van der Waals surface area contributed by atoms with Crippen molar-refractivity contribution in [2.75, 3.05) is 19.6 Å². The Hall–Kier alpha value is -1.10. The molecule has 0 saturated carbocycles. The Morgan fingerprint density at radius 1 is 1.39 bits per heavy atom. The van der Waals surface area contributed by atoms with E-state index in [1.807, 2.05) is 13.8 Å². The number of nitrogens with one attached hydrogen (secondary N) is 3. The predicted octanol–water partition coefficient (Wildman–Crippen LogP) is 0.407. The first-order valence-electron chi connectivity index (χ1n) is 6.78. The lowest BCUT2D eigenvalue weighted by atomic mass is 9.81. The molecule has 1 rings (SSSR count). The van der Waals surface area contributed by atoms with Gasteiger partial charge in [-0.1, -0.05) is 13.3 Å². The van der Waals surface area contributed by atoms with Gasteiger partial charge in [-0.25, -0.2) is 0 Å². The Morgan fingerprint density at radius 2 is 2.11 bits per heavy atom. The van der Waals surface area contributed by atoms with Gasteiger partial charge in [0.2, 0.25) is 11.8 Å². The van der Waals surface area contributed by atoms with E-state index in [0.29, 0.717) is 0 Å². The Bertz CT molecular complexity index is 297. The van der Waals surface area contributed by atoms with Gasteiger partial charge in [0.1, 0.15) is 0 Å². The van der Waals surface area contributed by atoms with Crippen molar-refractivity contribution in [3.8, 4) is 0 Å². The minimum Gasteiger partial charge on any atom is -0.352 e. The quantitative estimate of drug-likeness (QED) is 0.644. The molecular weight excluding hydrogens is 230 g/mol. The predicted molar refractivity (Wildman–Crippen MR) is 71.1 cm³/mol. The summed E-state index contributed by atoms with van der Waals surface area (Å²) in [5.41, 5.74) is -0.313. The van der Waals surface area contributed by atoms with Crippen molar-refractivity contribution < 1.29 is 9.59 Å². The molecule has 2 amide bonds. The van der Waals surface area contributed by atoms with E-state index in [1.165, 1.54) is 0 Å². The molecule has 0 radical (unpaired) electrons. The molecule has 0 spiro atoms. The van der Waals surface area contributed by atoms with Gasteiger partial charge in [0.15, 0.2) is 0 Å². The first kappa shape index (κ1) is 15.0. The van der Waals surface area contributed by atoms with E-state index in [2.05, 4.69) is 22.9 Å². The summed E-state index contributed by atoms with van der Waals surface area (Å²) in [5.74, 6) is -0.121. The van der Waals surface area contributed by atoms with Gasteiger partial charge in [-0.2, -0.15) is 0 Å². The first-order chi connectivity index (χ1) is 8.50. The molecule has 0 aliphatic carbocycles. The molecule has 18 heavy (non-hydrogen) atoms. The van der Waals surface area contributed by atoms with Crippen LogP contribution in [-0.2, 0) is 9.59 Å². The normalized spacial score (nSPS) is 23.1. The number of hydrogen-bond acceptors (Lipinski definition) is 3. The average molecular weight is 255 g/mol. The molecule has 0 aromatic carbocycles. The molecule has 5 nitrogen and oxygen atoms in total. The van der Waals surface area contributed by atoms with Gasteiger partial charge in [0.05, 0.1) is 12.0 Å². The van der Waals surface area contributed by atoms with Crippen LogP contribution >= 0.6 is 0 Å². The Labute approximate surface area is 109 Å². The summed E-state index contributed by atoms with van der Waals surface area (Å²) in [4.78, 5) is 23.7. The monoisotopic (exact) mass is 255 g/mol. The van der Waals surface area contributed by atoms with Crippen molar-refractivity contribution >= 4 is 11.8 Å². The zero-order valence-corrected chi connectivity index (χ0v) is 11.6. The molecule has 3 N–H and O–H groups in total. The van der Waals surface area contributed by atoms with E-state index in [4.69, 9.17) is 0 Å². The molecule has 1 heterocycles. The second-order valence-electron chi connectivity index (χ2n) is 5.36. The van der Waals surface area contributed by atoms with Crippen molar-refractivity contribution in [2.24, 2.45) is 5.41 Å². The highest BCUT2D eigenvalue weighted by Crippen LogP contribution is 2.31. The molecule has 0 aromatic heterocycles. The third-order valence-corrected chi connectivity index (χ3v) is 3.31. The van der Waals surface area contributed by atoms with E-state index in [-0.39, 0.29) is 29.8 Å². The number of rotatable bonds is 6. The maximum Gasteiger partial charge on any atom is 0.239 e. The Balaban J connectivity index is 2.45. The maximum atomic E-state index is 12.2. The molecule has 1 atom stereocenters. The van der Waals surface area contributed by atoms with E-state index < -0.39 is 0 Å². The summed E-state index contributed by atoms with van der Waals surface area (Å²) in [6, 6.07) is 0.104. The lowest BCUT2D eigenvalue weighted by Crippen LogP contribution is -2.47. The van der Waals surface area contributed by atoms with Crippen LogP contribution < -0.4 is 16.0 Å². The zero-order chi connectivity index (χ0) is 13.6. The van der Waals surface area contributed by atoms with E-state index in [9.17, 15) is 9.59 Å². The summed E-state index contributed by atoms with van der Waals surface area (Å²) >= 11 is 0. The fraction of sp³-hybridized carbons (Fsp3) is 0.846. The summed E-state index contributed by atoms with van der Waals surface area (Å²) in [7, 11) is 0. The molecule has 1 aliphatic rings. The van der Waals surface area contributed by atoms with Crippen LogP contribution in [0.4, 0.5) is 0 Å². The van der Waals surface area contributed by atoms with Gasteiger partial charge in [0.25, 0.3) is 0 Å². The van der Waals surface area contributed by atoms with Gasteiger partial charge in [-0.15, -0.1) is 0 Å². The molecule has 0 aromatic rings. The van der Waals surface area contributed by atoms with Crippen LogP contribution in [0.5, 0.6) is 0 Å². The van der Waals surface area contributed by atoms with Gasteiger partial charge in [-0.3, -0.25) is 9.59 Å². The van der Waals surface area contributed by atoms with Crippen LogP contribution in [0.15, 0.2) is 0 Å². The van der Waals surface area contributed by atoms with E-state index in [0.717, 1.165) is 32.4 Å². The Morgan fingerprint density at radius 3 is 2.61 bits per heavy atom. The Kier molecular flexibility index (Phi) is 5.59. The van der Waals surface area contributed by atoms with Crippen molar-refractivity contribution in [3.63, 3.8) is 0 Å². The molecule has 1 saturated heterocycles. The summed E-state index contributed by atoms with van der Waals surface area (Å²) in [5, 5.41) is 8.77.